The monoisotopic (exact) mass is 431 g/mol. The SMILES string of the molecule is N[C@H]1CC(CN2CCn3c(nnc3C(F)(F)F)C2)=CC[C@@H]1c1cc(F)c(F)cc1F. The Morgan fingerprint density at radius 1 is 1.03 bits per heavy atom. The van der Waals surface area contributed by atoms with Crippen LogP contribution >= 0.6 is 0 Å². The Labute approximate surface area is 168 Å². The predicted octanol–water partition coefficient (Wildman–Crippen LogP) is 3.36. The first-order valence-corrected chi connectivity index (χ1v) is 9.43. The van der Waals surface area contributed by atoms with Gasteiger partial charge in [0, 0.05) is 37.7 Å². The molecule has 0 spiro atoms. The molecular formula is C19H19F6N5. The molecule has 5 nitrogen and oxygen atoms in total. The molecule has 2 atom stereocenters. The minimum absolute atomic E-state index is 0.0439. The van der Waals surface area contributed by atoms with Crippen molar-refractivity contribution in [2.75, 3.05) is 13.1 Å². The van der Waals surface area contributed by atoms with Crippen molar-refractivity contribution in [3.05, 3.63) is 58.4 Å². The second kappa shape index (κ2) is 7.69. The van der Waals surface area contributed by atoms with Gasteiger partial charge in [0.2, 0.25) is 5.82 Å². The van der Waals surface area contributed by atoms with Crippen molar-refractivity contribution < 1.29 is 26.3 Å². The summed E-state index contributed by atoms with van der Waals surface area (Å²) in [6, 6.07) is 0.883. The van der Waals surface area contributed by atoms with E-state index >= 15 is 0 Å². The molecule has 1 aliphatic heterocycles. The van der Waals surface area contributed by atoms with Crippen molar-refractivity contribution in [2.24, 2.45) is 5.73 Å². The van der Waals surface area contributed by atoms with Crippen molar-refractivity contribution in [1.82, 2.24) is 19.7 Å². The number of nitrogens with zero attached hydrogens (tertiary/aromatic N) is 4. The Bertz CT molecular complexity index is 983. The Morgan fingerprint density at radius 3 is 2.47 bits per heavy atom. The average molecular weight is 431 g/mol. The molecule has 2 aromatic rings. The maximum Gasteiger partial charge on any atom is 0.451 e. The molecule has 0 saturated carbocycles. The quantitative estimate of drug-likeness (QED) is 0.460. The number of rotatable bonds is 3. The van der Waals surface area contributed by atoms with Gasteiger partial charge in [-0.15, -0.1) is 10.2 Å². The number of hydrogen-bond acceptors (Lipinski definition) is 4. The van der Waals surface area contributed by atoms with Crippen LogP contribution in [0, 0.1) is 17.5 Å². The molecule has 2 N–H and O–H groups in total. The van der Waals surface area contributed by atoms with Crippen LogP contribution in [-0.2, 0) is 19.3 Å². The summed E-state index contributed by atoms with van der Waals surface area (Å²) in [4.78, 5) is 1.95. The van der Waals surface area contributed by atoms with Gasteiger partial charge in [0.1, 0.15) is 11.6 Å². The van der Waals surface area contributed by atoms with E-state index in [0.29, 0.717) is 32.0 Å². The fraction of sp³-hybridized carbons (Fsp3) is 0.474. The predicted molar refractivity (Wildman–Crippen MR) is 94.7 cm³/mol. The third-order valence-corrected chi connectivity index (χ3v) is 5.63. The zero-order valence-electron chi connectivity index (χ0n) is 15.8. The minimum atomic E-state index is -4.55. The summed E-state index contributed by atoms with van der Waals surface area (Å²) in [5.74, 6) is -4.43. The Balaban J connectivity index is 1.44. The van der Waals surface area contributed by atoms with Gasteiger partial charge >= 0.3 is 6.18 Å². The van der Waals surface area contributed by atoms with Gasteiger partial charge in [-0.25, -0.2) is 13.2 Å². The van der Waals surface area contributed by atoms with Gasteiger partial charge in [0.15, 0.2) is 11.6 Å². The first-order valence-electron chi connectivity index (χ1n) is 9.43. The average Bonchev–Trinajstić information content (AvgIpc) is 3.09. The maximum atomic E-state index is 14.1. The second-order valence-corrected chi connectivity index (χ2v) is 7.66. The normalized spacial score (nSPS) is 22.7. The molecule has 30 heavy (non-hydrogen) atoms. The molecule has 2 heterocycles. The topological polar surface area (TPSA) is 60.0 Å². The van der Waals surface area contributed by atoms with Crippen molar-refractivity contribution in [3.63, 3.8) is 0 Å². The molecule has 4 rings (SSSR count). The summed E-state index contributed by atoms with van der Waals surface area (Å²) in [6.45, 7) is 1.22. The highest BCUT2D eigenvalue weighted by molar-refractivity contribution is 5.29. The first kappa shape index (κ1) is 20.9. The van der Waals surface area contributed by atoms with Crippen molar-refractivity contribution >= 4 is 0 Å². The molecule has 1 aromatic carbocycles. The summed E-state index contributed by atoms with van der Waals surface area (Å²) in [5, 5.41) is 6.92. The summed E-state index contributed by atoms with van der Waals surface area (Å²) >= 11 is 0. The van der Waals surface area contributed by atoms with Gasteiger partial charge in [0.25, 0.3) is 0 Å². The molecule has 0 amide bonds. The molecular weight excluding hydrogens is 412 g/mol. The van der Waals surface area contributed by atoms with Crippen LogP contribution in [-0.4, -0.2) is 38.8 Å². The Morgan fingerprint density at radius 2 is 1.77 bits per heavy atom. The van der Waals surface area contributed by atoms with Crippen molar-refractivity contribution in [1.29, 1.82) is 0 Å². The van der Waals surface area contributed by atoms with Gasteiger partial charge < -0.3 is 10.3 Å². The van der Waals surface area contributed by atoms with E-state index in [0.717, 1.165) is 16.2 Å². The summed E-state index contributed by atoms with van der Waals surface area (Å²) in [7, 11) is 0. The van der Waals surface area contributed by atoms with E-state index in [4.69, 9.17) is 5.73 Å². The smallest absolute Gasteiger partial charge is 0.327 e. The number of halogens is 6. The number of allylic oxidation sites excluding steroid dienone is 1. The highest BCUT2D eigenvalue weighted by Gasteiger charge is 2.39. The molecule has 0 bridgehead atoms. The van der Waals surface area contributed by atoms with Crippen molar-refractivity contribution in [3.8, 4) is 0 Å². The number of fused-ring (bicyclic) bond motifs is 1. The highest BCUT2D eigenvalue weighted by atomic mass is 19.4. The Hall–Kier alpha value is -2.40. The number of benzene rings is 1. The molecule has 162 valence electrons. The van der Waals surface area contributed by atoms with Crippen LogP contribution in [0.1, 0.15) is 36.0 Å². The van der Waals surface area contributed by atoms with Gasteiger partial charge in [-0.3, -0.25) is 4.90 Å². The number of alkyl halides is 3. The minimum Gasteiger partial charge on any atom is -0.327 e. The van der Waals surface area contributed by atoms with E-state index in [1.807, 2.05) is 11.0 Å². The van der Waals surface area contributed by atoms with Gasteiger partial charge in [-0.05, 0) is 24.5 Å². The lowest BCUT2D eigenvalue weighted by Crippen LogP contribution is -2.39. The van der Waals surface area contributed by atoms with Gasteiger partial charge in [-0.1, -0.05) is 11.6 Å². The molecule has 0 saturated heterocycles. The third kappa shape index (κ3) is 3.95. The van der Waals surface area contributed by atoms with E-state index in [1.54, 1.807) is 0 Å². The van der Waals surface area contributed by atoms with Crippen LogP contribution in [0.25, 0.3) is 0 Å². The summed E-state index contributed by atoms with van der Waals surface area (Å²) in [5.41, 5.74) is 7.21. The van der Waals surface area contributed by atoms with E-state index in [9.17, 15) is 26.3 Å². The van der Waals surface area contributed by atoms with E-state index in [1.165, 1.54) is 0 Å². The maximum absolute atomic E-state index is 14.1. The zero-order chi connectivity index (χ0) is 21.6. The van der Waals surface area contributed by atoms with Crippen molar-refractivity contribution in [2.45, 2.75) is 44.1 Å². The van der Waals surface area contributed by atoms with Crippen LogP contribution in [0.5, 0.6) is 0 Å². The largest absolute Gasteiger partial charge is 0.451 e. The Kier molecular flexibility index (Phi) is 5.35. The fourth-order valence-corrected chi connectivity index (χ4v) is 4.15. The zero-order valence-corrected chi connectivity index (χ0v) is 15.8. The lowest BCUT2D eigenvalue weighted by atomic mass is 9.80. The second-order valence-electron chi connectivity index (χ2n) is 7.66. The fourth-order valence-electron chi connectivity index (χ4n) is 4.15. The molecule has 1 aromatic heterocycles. The summed E-state index contributed by atoms with van der Waals surface area (Å²) < 4.78 is 80.7. The molecule has 0 fully saturated rings. The van der Waals surface area contributed by atoms with E-state index < -0.39 is 41.4 Å². The van der Waals surface area contributed by atoms with E-state index in [2.05, 4.69) is 10.2 Å². The molecule has 0 radical (unpaired) electrons. The molecule has 1 aliphatic carbocycles. The third-order valence-electron chi connectivity index (χ3n) is 5.63. The van der Waals surface area contributed by atoms with Crippen LogP contribution in [0.15, 0.2) is 23.8 Å². The number of hydrogen-bond donors (Lipinski definition) is 1. The lowest BCUT2D eigenvalue weighted by molar-refractivity contribution is -0.148. The van der Waals surface area contributed by atoms with Crippen LogP contribution in [0.2, 0.25) is 0 Å². The van der Waals surface area contributed by atoms with Gasteiger partial charge in [0.05, 0.1) is 6.54 Å². The molecule has 0 unspecified atom stereocenters. The standard InChI is InChI=1S/C19H19F6N5/c20-13-7-15(22)14(21)6-12(13)11-2-1-10(5-16(11)26)8-29-3-4-30-17(9-29)27-28-18(30)19(23,24)25/h1,6-7,11,16H,2-5,8-9,26H2/t11-,16+/m1/s1. The van der Waals surface area contributed by atoms with Crippen LogP contribution < -0.4 is 5.73 Å². The number of nitrogens with two attached hydrogens (primary N) is 1. The molecule has 11 heteroatoms. The summed E-state index contributed by atoms with van der Waals surface area (Å²) in [6.07, 6.45) is -1.88. The number of aromatic nitrogens is 3. The van der Waals surface area contributed by atoms with E-state index in [-0.39, 0.29) is 24.5 Å². The highest BCUT2D eigenvalue weighted by Crippen LogP contribution is 2.35. The van der Waals surface area contributed by atoms with Crippen LogP contribution in [0.3, 0.4) is 0 Å². The first-order chi connectivity index (χ1) is 14.1. The van der Waals surface area contributed by atoms with Crippen LogP contribution in [0.4, 0.5) is 26.3 Å². The lowest BCUT2D eigenvalue weighted by Gasteiger charge is -2.33. The van der Waals surface area contributed by atoms with Gasteiger partial charge in [-0.2, -0.15) is 13.2 Å². The molecule has 2 aliphatic rings.